The van der Waals surface area contributed by atoms with Gasteiger partial charge in [-0.3, -0.25) is 25.2 Å². The maximum atomic E-state index is 12.5. The lowest BCUT2D eigenvalue weighted by Gasteiger charge is -2.15. The van der Waals surface area contributed by atoms with Crippen LogP contribution in [0.1, 0.15) is 17.3 Å². The minimum absolute atomic E-state index is 0.0504. The van der Waals surface area contributed by atoms with Crippen LogP contribution in [-0.4, -0.2) is 40.1 Å². The van der Waals surface area contributed by atoms with Crippen LogP contribution in [0.25, 0.3) is 0 Å². The van der Waals surface area contributed by atoms with Crippen LogP contribution < -0.4 is 20.3 Å². The summed E-state index contributed by atoms with van der Waals surface area (Å²) in [5.41, 5.74) is 4.92. The number of hydrazine groups is 1. The highest BCUT2D eigenvalue weighted by atomic mass is 32.2. The van der Waals surface area contributed by atoms with Gasteiger partial charge in [-0.05, 0) is 55.5 Å². The van der Waals surface area contributed by atoms with E-state index in [0.717, 1.165) is 6.26 Å². The zero-order valence-electron chi connectivity index (χ0n) is 16.6. The summed E-state index contributed by atoms with van der Waals surface area (Å²) in [5, 5.41) is 0. The molecule has 1 aliphatic rings. The Bertz CT molecular complexity index is 1060. The summed E-state index contributed by atoms with van der Waals surface area (Å²) in [6.07, 6.45) is 1.16. The van der Waals surface area contributed by atoms with Crippen LogP contribution in [0.3, 0.4) is 0 Å². The van der Waals surface area contributed by atoms with Gasteiger partial charge >= 0.3 is 5.91 Å². The smallest absolute Gasteiger partial charge is 0.308 e. The molecule has 31 heavy (non-hydrogen) atoms. The van der Waals surface area contributed by atoms with Crippen LogP contribution in [0.4, 0.5) is 5.69 Å². The Balaban J connectivity index is 1.58. The van der Waals surface area contributed by atoms with Crippen LogP contribution >= 0.6 is 0 Å². The van der Waals surface area contributed by atoms with Crippen molar-refractivity contribution in [2.75, 3.05) is 24.5 Å². The quantitative estimate of drug-likeness (QED) is 0.549. The van der Waals surface area contributed by atoms with Crippen molar-refractivity contribution < 1.29 is 32.2 Å². The molecular weight excluding hydrogens is 426 g/mol. The molecule has 2 amide bonds. The summed E-state index contributed by atoms with van der Waals surface area (Å²) in [7, 11) is -3.81. The minimum Gasteiger partial charge on any atom is -0.494 e. The first-order chi connectivity index (χ1) is 14.9. The second-order valence-corrected chi connectivity index (χ2v) is 7.88. The molecule has 2 aromatic rings. The van der Waals surface area contributed by atoms with Crippen molar-refractivity contribution in [1.29, 1.82) is 0 Å². The predicted molar refractivity (Wildman–Crippen MR) is 110 cm³/mol. The second kappa shape index (κ2) is 9.85. The van der Waals surface area contributed by atoms with E-state index in [2.05, 4.69) is 15.6 Å². The van der Waals surface area contributed by atoms with E-state index in [9.17, 15) is 18.0 Å². The Hall–Kier alpha value is -3.73. The summed E-state index contributed by atoms with van der Waals surface area (Å²) in [6.45, 7) is 2.90. The first-order valence-electron chi connectivity index (χ1n) is 9.30. The van der Waals surface area contributed by atoms with E-state index < -0.39 is 21.8 Å². The van der Waals surface area contributed by atoms with Crippen molar-refractivity contribution in [3.05, 3.63) is 66.1 Å². The third-order valence-corrected chi connectivity index (χ3v) is 5.40. The number of hydrogen-bond donors (Lipinski definition) is 3. The molecule has 0 unspecified atom stereocenters. The summed E-state index contributed by atoms with van der Waals surface area (Å²) >= 11 is 0. The lowest BCUT2D eigenvalue weighted by Crippen LogP contribution is -2.43. The molecule has 164 valence electrons. The highest BCUT2D eigenvalue weighted by Gasteiger charge is 2.17. The van der Waals surface area contributed by atoms with E-state index in [1.54, 1.807) is 12.1 Å². The highest BCUT2D eigenvalue weighted by molar-refractivity contribution is 7.92. The number of sulfonamides is 1. The van der Waals surface area contributed by atoms with Crippen LogP contribution in [0.5, 0.6) is 5.75 Å². The van der Waals surface area contributed by atoms with Crippen molar-refractivity contribution in [1.82, 2.24) is 10.9 Å². The monoisotopic (exact) mass is 447 g/mol. The molecule has 0 radical (unpaired) electrons. The number of carbonyl (C=O) groups excluding carboxylic acids is 2. The van der Waals surface area contributed by atoms with Gasteiger partial charge in [0.2, 0.25) is 5.76 Å². The predicted octanol–water partition coefficient (Wildman–Crippen LogP) is 1.54. The van der Waals surface area contributed by atoms with E-state index in [0.29, 0.717) is 19.0 Å². The summed E-state index contributed by atoms with van der Waals surface area (Å²) in [4.78, 5) is 24.1. The third-order valence-electron chi connectivity index (χ3n) is 4.01. The lowest BCUT2D eigenvalue weighted by atomic mass is 10.2. The normalized spacial score (nSPS) is 13.1. The zero-order chi connectivity index (χ0) is 22.3. The van der Waals surface area contributed by atoms with Gasteiger partial charge in [-0.25, -0.2) is 8.42 Å². The van der Waals surface area contributed by atoms with E-state index in [1.807, 2.05) is 6.92 Å². The molecule has 0 atom stereocenters. The summed E-state index contributed by atoms with van der Waals surface area (Å²) < 4.78 is 42.8. The molecule has 0 fully saturated rings. The Morgan fingerprint density at radius 3 is 2.26 bits per heavy atom. The molecule has 11 heteroatoms. The van der Waals surface area contributed by atoms with Gasteiger partial charge in [0, 0.05) is 11.3 Å². The molecule has 0 saturated heterocycles. The van der Waals surface area contributed by atoms with Crippen molar-refractivity contribution in [3.63, 3.8) is 0 Å². The third kappa shape index (κ3) is 5.89. The standard InChI is InChI=1S/C20H21N3O7S/c1-2-29-16-7-9-17(10-8-16)31(26,27)23-15-5-3-14(4-6-15)19(24)21-22-20(25)18-13-28-11-12-30-18/h3-10,13,23H,2,11-12H2,1H3,(H,21,24)(H,22,25). The molecule has 0 saturated carbocycles. The molecular formula is C20H21N3O7S. The molecule has 0 bridgehead atoms. The number of anilines is 1. The summed E-state index contributed by atoms with van der Waals surface area (Å²) in [6, 6.07) is 11.7. The fraction of sp³-hybridized carbons (Fsp3) is 0.200. The van der Waals surface area contributed by atoms with E-state index >= 15 is 0 Å². The van der Waals surface area contributed by atoms with E-state index in [1.165, 1.54) is 36.4 Å². The Labute approximate surface area is 179 Å². The maximum Gasteiger partial charge on any atom is 0.308 e. The number of nitrogens with one attached hydrogen (secondary N) is 3. The SMILES string of the molecule is CCOc1ccc(S(=O)(=O)Nc2ccc(C(=O)NNC(=O)C3=COCCO3)cc2)cc1. The largest absolute Gasteiger partial charge is 0.494 e. The fourth-order valence-corrected chi connectivity index (χ4v) is 3.58. The van der Waals surface area contributed by atoms with Crippen LogP contribution in [0.15, 0.2) is 65.4 Å². The molecule has 0 aromatic heterocycles. The van der Waals surface area contributed by atoms with Gasteiger partial charge < -0.3 is 14.2 Å². The highest BCUT2D eigenvalue weighted by Crippen LogP contribution is 2.19. The average molecular weight is 447 g/mol. The molecule has 1 aliphatic heterocycles. The van der Waals surface area contributed by atoms with Crippen molar-refractivity contribution in [2.45, 2.75) is 11.8 Å². The molecule has 0 aliphatic carbocycles. The van der Waals surface area contributed by atoms with E-state index in [-0.39, 0.29) is 28.5 Å². The zero-order valence-corrected chi connectivity index (χ0v) is 17.4. The van der Waals surface area contributed by atoms with Gasteiger partial charge in [-0.2, -0.15) is 0 Å². The number of rotatable bonds is 7. The van der Waals surface area contributed by atoms with Gasteiger partial charge in [0.15, 0.2) is 0 Å². The molecule has 2 aromatic carbocycles. The molecule has 1 heterocycles. The van der Waals surface area contributed by atoms with Crippen molar-refractivity contribution in [2.24, 2.45) is 0 Å². The molecule has 3 rings (SSSR count). The first-order valence-corrected chi connectivity index (χ1v) is 10.8. The Morgan fingerprint density at radius 2 is 1.65 bits per heavy atom. The van der Waals surface area contributed by atoms with Crippen LogP contribution in [0, 0.1) is 0 Å². The number of amides is 2. The lowest BCUT2D eigenvalue weighted by molar-refractivity contribution is -0.123. The number of ether oxygens (including phenoxy) is 3. The minimum atomic E-state index is -3.81. The number of benzene rings is 2. The topological polar surface area (TPSA) is 132 Å². The van der Waals surface area contributed by atoms with Crippen LogP contribution in [-0.2, 0) is 24.3 Å². The van der Waals surface area contributed by atoms with Gasteiger partial charge in [-0.1, -0.05) is 0 Å². The number of carbonyl (C=O) groups is 2. The van der Waals surface area contributed by atoms with Gasteiger partial charge in [0.05, 0.1) is 11.5 Å². The molecule has 0 spiro atoms. The Morgan fingerprint density at radius 1 is 0.968 bits per heavy atom. The first kappa shape index (κ1) is 22.0. The molecule has 10 nitrogen and oxygen atoms in total. The second-order valence-electron chi connectivity index (χ2n) is 6.20. The van der Waals surface area contributed by atoms with Crippen LogP contribution in [0.2, 0.25) is 0 Å². The Kier molecular flexibility index (Phi) is 6.98. The fourth-order valence-electron chi connectivity index (χ4n) is 2.52. The van der Waals surface area contributed by atoms with Crippen molar-refractivity contribution in [3.8, 4) is 5.75 Å². The van der Waals surface area contributed by atoms with E-state index in [4.69, 9.17) is 14.2 Å². The maximum absolute atomic E-state index is 12.5. The van der Waals surface area contributed by atoms with Gasteiger partial charge in [-0.15, -0.1) is 0 Å². The summed E-state index contributed by atoms with van der Waals surface area (Å²) in [5.74, 6) is -0.729. The average Bonchev–Trinajstić information content (AvgIpc) is 2.78. The molecule has 3 N–H and O–H groups in total. The van der Waals surface area contributed by atoms with Crippen molar-refractivity contribution >= 4 is 27.5 Å². The van der Waals surface area contributed by atoms with Gasteiger partial charge in [0.1, 0.15) is 25.2 Å². The van der Waals surface area contributed by atoms with Gasteiger partial charge in [0.25, 0.3) is 15.9 Å². The number of hydrogen-bond acceptors (Lipinski definition) is 7.